The van der Waals surface area contributed by atoms with Crippen molar-refractivity contribution < 1.29 is 9.53 Å². The van der Waals surface area contributed by atoms with E-state index < -0.39 is 0 Å². The maximum absolute atomic E-state index is 10.8. The van der Waals surface area contributed by atoms with E-state index in [0.717, 1.165) is 5.56 Å². The number of hydrogen-bond acceptors (Lipinski definition) is 2. The van der Waals surface area contributed by atoms with Crippen LogP contribution in [0.4, 0.5) is 0 Å². The Hall–Kier alpha value is -2.09. The highest BCUT2D eigenvalue weighted by molar-refractivity contribution is 5.93. The normalized spacial score (nSPS) is 12.2. The highest BCUT2D eigenvalue weighted by Crippen LogP contribution is 2.18. The number of esters is 1. The fourth-order valence-corrected chi connectivity index (χ4v) is 1.60. The van der Waals surface area contributed by atoms with Gasteiger partial charge < -0.3 is 4.74 Å². The predicted molar refractivity (Wildman–Crippen MR) is 66.7 cm³/mol. The first-order valence-corrected chi connectivity index (χ1v) is 5.54. The van der Waals surface area contributed by atoms with Crippen LogP contribution < -0.4 is 0 Å². The van der Waals surface area contributed by atoms with Crippen molar-refractivity contribution in [3.05, 3.63) is 71.3 Å². The molecule has 0 saturated carbocycles. The molecule has 17 heavy (non-hydrogen) atoms. The highest BCUT2D eigenvalue weighted by Gasteiger charge is 2.18. The Balaban J connectivity index is 0.000000136. The molecule has 0 aromatic heterocycles. The summed E-state index contributed by atoms with van der Waals surface area (Å²) in [4.78, 5) is 10.8. The molecule has 86 valence electrons. The Morgan fingerprint density at radius 1 is 0.941 bits per heavy atom. The smallest absolute Gasteiger partial charge is 0.338 e. The molecule has 0 spiro atoms. The third-order valence-corrected chi connectivity index (χ3v) is 2.54. The second kappa shape index (κ2) is 5.30. The van der Waals surface area contributed by atoms with Crippen LogP contribution in [0.25, 0.3) is 0 Å². The van der Waals surface area contributed by atoms with Crippen LogP contribution in [0.2, 0.25) is 0 Å². The number of benzene rings is 2. The molecule has 0 aliphatic carbocycles. The largest absolute Gasteiger partial charge is 0.457 e. The minimum Gasteiger partial charge on any atom is -0.457 e. The van der Waals surface area contributed by atoms with E-state index in [1.807, 2.05) is 36.4 Å². The number of hydrogen-bond donors (Lipinski definition) is 0. The summed E-state index contributed by atoms with van der Waals surface area (Å²) in [5.74, 6) is -0.199. The van der Waals surface area contributed by atoms with Gasteiger partial charge in [-0.1, -0.05) is 54.1 Å². The predicted octanol–water partition coefficient (Wildman–Crippen LogP) is 3.35. The summed E-state index contributed by atoms with van der Waals surface area (Å²) in [5.41, 5.74) is 3.03. The van der Waals surface area contributed by atoms with Crippen molar-refractivity contribution in [2.24, 2.45) is 0 Å². The molecule has 2 heteroatoms. The van der Waals surface area contributed by atoms with Gasteiger partial charge in [-0.05, 0) is 13.0 Å². The van der Waals surface area contributed by atoms with Gasteiger partial charge >= 0.3 is 5.97 Å². The number of rotatable bonds is 0. The lowest BCUT2D eigenvalue weighted by Gasteiger charge is -1.87. The molecule has 0 bridgehead atoms. The van der Waals surface area contributed by atoms with E-state index in [1.54, 1.807) is 6.07 Å². The van der Waals surface area contributed by atoms with Gasteiger partial charge in [0.05, 0.1) is 5.56 Å². The molecule has 2 aromatic rings. The zero-order valence-electron chi connectivity index (χ0n) is 9.72. The second-order valence-corrected chi connectivity index (χ2v) is 3.89. The van der Waals surface area contributed by atoms with Gasteiger partial charge in [0.25, 0.3) is 0 Å². The summed E-state index contributed by atoms with van der Waals surface area (Å²) in [7, 11) is 0. The molecule has 2 nitrogen and oxygen atoms in total. The summed E-state index contributed by atoms with van der Waals surface area (Å²) in [6.07, 6.45) is 0. The van der Waals surface area contributed by atoms with E-state index in [2.05, 4.69) is 19.1 Å². The van der Waals surface area contributed by atoms with Crippen molar-refractivity contribution in [1.82, 2.24) is 0 Å². The molecule has 2 aromatic carbocycles. The molecule has 0 fully saturated rings. The van der Waals surface area contributed by atoms with E-state index in [-0.39, 0.29) is 5.97 Å². The Morgan fingerprint density at radius 3 is 2.18 bits per heavy atom. The molecule has 0 saturated heterocycles. The van der Waals surface area contributed by atoms with E-state index in [4.69, 9.17) is 4.74 Å². The van der Waals surface area contributed by atoms with Gasteiger partial charge in [-0.3, -0.25) is 0 Å². The van der Waals surface area contributed by atoms with Crippen LogP contribution in [0.3, 0.4) is 0 Å². The van der Waals surface area contributed by atoms with E-state index in [1.165, 1.54) is 5.56 Å². The van der Waals surface area contributed by atoms with Crippen LogP contribution in [-0.4, -0.2) is 5.97 Å². The van der Waals surface area contributed by atoms with Crippen molar-refractivity contribution in [1.29, 1.82) is 0 Å². The van der Waals surface area contributed by atoms with Crippen molar-refractivity contribution in [3.63, 3.8) is 0 Å². The topological polar surface area (TPSA) is 26.3 Å². The van der Waals surface area contributed by atoms with Gasteiger partial charge in [-0.25, -0.2) is 4.79 Å². The summed E-state index contributed by atoms with van der Waals surface area (Å²) in [5, 5.41) is 0. The Kier molecular flexibility index (Phi) is 3.55. The van der Waals surface area contributed by atoms with Crippen molar-refractivity contribution in [2.75, 3.05) is 0 Å². The molecule has 0 N–H and O–H groups in total. The zero-order valence-corrected chi connectivity index (χ0v) is 9.72. The standard InChI is InChI=1S/C8H6O2.C7H8/c9-8-7-4-2-1-3-6(7)5-10-8;1-7-5-3-2-4-6-7/h1-4H,5H2;2-6H,1H3. The van der Waals surface area contributed by atoms with Gasteiger partial charge in [0.2, 0.25) is 0 Å². The van der Waals surface area contributed by atoms with E-state index in [9.17, 15) is 4.79 Å². The lowest BCUT2D eigenvalue weighted by Crippen LogP contribution is -1.91. The molecule has 1 aliphatic heterocycles. The third kappa shape index (κ3) is 2.94. The fourth-order valence-electron chi connectivity index (χ4n) is 1.60. The number of cyclic esters (lactones) is 1. The number of carbonyl (C=O) groups is 1. The highest BCUT2D eigenvalue weighted by atomic mass is 16.5. The first kappa shape index (κ1) is 11.4. The minimum absolute atomic E-state index is 0.199. The van der Waals surface area contributed by atoms with Gasteiger partial charge in [0.1, 0.15) is 6.61 Å². The number of carbonyl (C=O) groups excluding carboxylic acids is 1. The maximum atomic E-state index is 10.8. The molecule has 1 heterocycles. The van der Waals surface area contributed by atoms with Crippen LogP contribution in [0.15, 0.2) is 54.6 Å². The molecular weight excluding hydrogens is 212 g/mol. The maximum Gasteiger partial charge on any atom is 0.338 e. The molecule has 0 atom stereocenters. The SMILES string of the molecule is Cc1ccccc1.O=C1OCc2ccccc21. The van der Waals surface area contributed by atoms with Crippen LogP contribution in [0.1, 0.15) is 21.5 Å². The first-order chi connectivity index (χ1) is 8.27. The lowest BCUT2D eigenvalue weighted by atomic mass is 10.1. The van der Waals surface area contributed by atoms with E-state index >= 15 is 0 Å². The van der Waals surface area contributed by atoms with Gasteiger partial charge in [0.15, 0.2) is 0 Å². The quantitative estimate of drug-likeness (QED) is 0.644. The molecular formula is C15H14O2. The summed E-state index contributed by atoms with van der Waals surface area (Å²) < 4.78 is 4.78. The third-order valence-electron chi connectivity index (χ3n) is 2.54. The zero-order chi connectivity index (χ0) is 12.1. The monoisotopic (exact) mass is 226 g/mol. The van der Waals surface area contributed by atoms with E-state index in [0.29, 0.717) is 12.2 Å². The Labute approximate surface area is 101 Å². The number of ether oxygens (including phenoxy) is 1. The van der Waals surface area contributed by atoms with Crippen LogP contribution in [0.5, 0.6) is 0 Å². The summed E-state index contributed by atoms with van der Waals surface area (Å²) in [6.45, 7) is 2.52. The van der Waals surface area contributed by atoms with Crippen molar-refractivity contribution in [3.8, 4) is 0 Å². The van der Waals surface area contributed by atoms with Crippen molar-refractivity contribution in [2.45, 2.75) is 13.5 Å². The Morgan fingerprint density at radius 2 is 1.59 bits per heavy atom. The molecule has 3 rings (SSSR count). The second-order valence-electron chi connectivity index (χ2n) is 3.89. The van der Waals surface area contributed by atoms with Gasteiger partial charge in [-0.2, -0.15) is 0 Å². The summed E-state index contributed by atoms with van der Waals surface area (Å²) >= 11 is 0. The lowest BCUT2D eigenvalue weighted by molar-refractivity contribution is 0.0535. The summed E-state index contributed by atoms with van der Waals surface area (Å²) in [6, 6.07) is 17.7. The molecule has 0 unspecified atom stereocenters. The average Bonchev–Trinajstić information content (AvgIpc) is 2.74. The Bertz CT molecular complexity index is 503. The van der Waals surface area contributed by atoms with Gasteiger partial charge in [-0.15, -0.1) is 0 Å². The average molecular weight is 226 g/mol. The molecule has 0 radical (unpaired) electrons. The van der Waals surface area contributed by atoms with Crippen LogP contribution >= 0.6 is 0 Å². The van der Waals surface area contributed by atoms with Gasteiger partial charge in [0, 0.05) is 5.56 Å². The van der Waals surface area contributed by atoms with Crippen LogP contribution in [-0.2, 0) is 11.3 Å². The molecule has 1 aliphatic rings. The fraction of sp³-hybridized carbons (Fsp3) is 0.133. The first-order valence-electron chi connectivity index (χ1n) is 5.54. The molecule has 0 amide bonds. The van der Waals surface area contributed by atoms with Crippen LogP contribution in [0, 0.1) is 6.92 Å². The minimum atomic E-state index is -0.199. The number of aryl methyl sites for hydroxylation is 1. The van der Waals surface area contributed by atoms with Crippen molar-refractivity contribution >= 4 is 5.97 Å². The number of fused-ring (bicyclic) bond motifs is 1.